The van der Waals surface area contributed by atoms with E-state index in [1.54, 1.807) is 6.20 Å². The minimum atomic E-state index is -4.65. The predicted molar refractivity (Wildman–Crippen MR) is 124 cm³/mol. The second-order valence-electron chi connectivity index (χ2n) is 7.26. The molecule has 14 heteroatoms. The molecule has 0 spiro atoms. The average Bonchev–Trinajstić information content (AvgIpc) is 3.22. The maximum atomic E-state index is 14.6. The van der Waals surface area contributed by atoms with Crippen molar-refractivity contribution in [2.45, 2.75) is 25.9 Å². The first-order chi connectivity index (χ1) is 15.5. The molecule has 1 atom stereocenters. The number of anilines is 1. The second kappa shape index (κ2) is 10.8. The minimum absolute atomic E-state index is 0.169. The molecule has 0 saturated carbocycles. The number of phosphoric ester groups is 1. The Labute approximate surface area is 198 Å². The summed E-state index contributed by atoms with van der Waals surface area (Å²) in [6.45, 7) is 3.32. The molecule has 1 aromatic carbocycles. The number of pyridine rings is 1. The van der Waals surface area contributed by atoms with Crippen LogP contribution in [0.4, 0.5) is 10.2 Å². The summed E-state index contributed by atoms with van der Waals surface area (Å²) in [5.74, 6) is -0.134. The number of nitrogens with one attached hydrogen (secondary N) is 1. The van der Waals surface area contributed by atoms with Gasteiger partial charge in [-0.3, -0.25) is 4.52 Å². The van der Waals surface area contributed by atoms with Gasteiger partial charge in [0.1, 0.15) is 22.4 Å². The highest BCUT2D eigenvalue weighted by atomic mass is 35.5. The van der Waals surface area contributed by atoms with E-state index in [1.807, 2.05) is 26.0 Å². The van der Waals surface area contributed by atoms with Gasteiger partial charge in [-0.1, -0.05) is 22.9 Å². The van der Waals surface area contributed by atoms with Gasteiger partial charge in [0.15, 0.2) is 11.6 Å². The van der Waals surface area contributed by atoms with Gasteiger partial charge in [0.05, 0.1) is 17.7 Å². The van der Waals surface area contributed by atoms with Crippen molar-refractivity contribution in [1.29, 1.82) is 0 Å². The summed E-state index contributed by atoms with van der Waals surface area (Å²) in [6.07, 6.45) is 1.67. The van der Waals surface area contributed by atoms with Gasteiger partial charge in [-0.25, -0.2) is 13.9 Å². The molecule has 0 bridgehead atoms. The number of hydrogen-bond donors (Lipinski definition) is 4. The standard InChI is InChI=1S/C19H22ClFN5O5PS/c1-10(2)24-17-4-3-11(7-23-17)18-25-26-19(33-18)13-5-15(21)16(6-14(13)20)30-8-12(22)9-31-32(27,28)29/h3-7,10,12H,8-9,22H2,1-2H3,(H,23,24)(H2,27,28,29). The van der Waals surface area contributed by atoms with Gasteiger partial charge < -0.3 is 25.6 Å². The van der Waals surface area contributed by atoms with Gasteiger partial charge in [0.2, 0.25) is 0 Å². The van der Waals surface area contributed by atoms with Gasteiger partial charge in [-0.05, 0) is 32.0 Å². The van der Waals surface area contributed by atoms with Crippen LogP contribution < -0.4 is 15.8 Å². The molecule has 2 aromatic heterocycles. The normalized spacial score (nSPS) is 12.7. The Hall–Kier alpha value is -2.18. The first-order valence-corrected chi connectivity index (χ1v) is 12.4. The Morgan fingerprint density at radius 2 is 1.97 bits per heavy atom. The van der Waals surface area contributed by atoms with Crippen LogP contribution in [0.3, 0.4) is 0 Å². The lowest BCUT2D eigenvalue weighted by Gasteiger charge is -2.15. The smallest absolute Gasteiger partial charge is 0.469 e. The lowest BCUT2D eigenvalue weighted by Crippen LogP contribution is -2.32. The predicted octanol–water partition coefficient (Wildman–Crippen LogP) is 3.70. The molecule has 0 aliphatic heterocycles. The van der Waals surface area contributed by atoms with Crippen LogP contribution >= 0.6 is 30.8 Å². The van der Waals surface area contributed by atoms with Crippen molar-refractivity contribution in [3.63, 3.8) is 0 Å². The summed E-state index contributed by atoms with van der Waals surface area (Å²) in [6, 6.07) is 5.51. The number of rotatable bonds is 10. The Bertz CT molecular complexity index is 1140. The minimum Gasteiger partial charge on any atom is -0.489 e. The highest BCUT2D eigenvalue weighted by Crippen LogP contribution is 2.37. The van der Waals surface area contributed by atoms with E-state index in [2.05, 4.69) is 25.0 Å². The zero-order chi connectivity index (χ0) is 24.2. The summed E-state index contributed by atoms with van der Waals surface area (Å²) in [5, 5.41) is 12.7. The zero-order valence-corrected chi connectivity index (χ0v) is 20.1. The molecular weight excluding hydrogens is 496 g/mol. The molecule has 0 amide bonds. The van der Waals surface area contributed by atoms with E-state index in [1.165, 1.54) is 23.5 Å². The number of phosphoric acid groups is 1. The number of benzene rings is 1. The lowest BCUT2D eigenvalue weighted by molar-refractivity contribution is 0.164. The van der Waals surface area contributed by atoms with Crippen LogP contribution in [0, 0.1) is 5.82 Å². The van der Waals surface area contributed by atoms with E-state index in [0.29, 0.717) is 15.6 Å². The maximum absolute atomic E-state index is 14.6. The maximum Gasteiger partial charge on any atom is 0.469 e. The molecule has 0 fully saturated rings. The third-order valence-corrected chi connectivity index (χ3v) is 5.84. The average molecular weight is 518 g/mol. The SMILES string of the molecule is CC(C)Nc1ccc(-c2nnc(-c3cc(F)c(OCC(N)COP(=O)(O)O)cc3Cl)s2)cn1. The highest BCUT2D eigenvalue weighted by Gasteiger charge is 2.19. The second-order valence-corrected chi connectivity index (χ2v) is 9.89. The van der Waals surface area contributed by atoms with Crippen LogP contribution in [0.1, 0.15) is 13.8 Å². The summed E-state index contributed by atoms with van der Waals surface area (Å²) in [5.41, 5.74) is 6.75. The Morgan fingerprint density at radius 3 is 2.61 bits per heavy atom. The number of ether oxygens (including phenoxy) is 1. The third-order valence-electron chi connectivity index (χ3n) is 4.03. The molecule has 0 saturated heterocycles. The van der Waals surface area contributed by atoms with E-state index < -0.39 is 26.3 Å². The van der Waals surface area contributed by atoms with E-state index in [0.717, 1.165) is 11.4 Å². The van der Waals surface area contributed by atoms with Gasteiger partial charge in [-0.15, -0.1) is 10.2 Å². The number of halogens is 2. The van der Waals surface area contributed by atoms with Gasteiger partial charge in [-0.2, -0.15) is 0 Å². The van der Waals surface area contributed by atoms with Crippen molar-refractivity contribution in [3.8, 4) is 26.9 Å². The van der Waals surface area contributed by atoms with Crippen LogP contribution in [-0.4, -0.2) is 50.3 Å². The summed E-state index contributed by atoms with van der Waals surface area (Å²) >= 11 is 7.54. The van der Waals surface area contributed by atoms with Crippen molar-refractivity contribution < 1.29 is 28.0 Å². The zero-order valence-electron chi connectivity index (χ0n) is 17.6. The fourth-order valence-electron chi connectivity index (χ4n) is 2.59. The van der Waals surface area contributed by atoms with Gasteiger partial charge in [0, 0.05) is 29.4 Å². The van der Waals surface area contributed by atoms with Crippen LogP contribution in [0.25, 0.3) is 21.1 Å². The molecule has 5 N–H and O–H groups in total. The molecule has 33 heavy (non-hydrogen) atoms. The van der Waals surface area contributed by atoms with Crippen molar-refractivity contribution >= 4 is 36.6 Å². The molecule has 3 rings (SSSR count). The van der Waals surface area contributed by atoms with Crippen LogP contribution in [0.2, 0.25) is 5.02 Å². The molecule has 178 valence electrons. The molecule has 2 heterocycles. The lowest BCUT2D eigenvalue weighted by atomic mass is 10.2. The summed E-state index contributed by atoms with van der Waals surface area (Å²) in [7, 11) is -4.65. The highest BCUT2D eigenvalue weighted by molar-refractivity contribution is 7.46. The van der Waals surface area contributed by atoms with E-state index in [-0.39, 0.29) is 23.4 Å². The number of nitrogens with two attached hydrogens (primary N) is 1. The van der Waals surface area contributed by atoms with Gasteiger partial charge in [0.25, 0.3) is 0 Å². The first-order valence-electron chi connectivity index (χ1n) is 9.66. The molecule has 1 unspecified atom stereocenters. The first kappa shape index (κ1) is 25.4. The van der Waals surface area contributed by atoms with Crippen molar-refractivity contribution in [2.24, 2.45) is 5.73 Å². The number of hydrogen-bond acceptors (Lipinski definition) is 9. The summed E-state index contributed by atoms with van der Waals surface area (Å²) < 4.78 is 34.9. The Kier molecular flexibility index (Phi) is 8.35. The Morgan fingerprint density at radius 1 is 1.24 bits per heavy atom. The third kappa shape index (κ3) is 7.41. The quantitative estimate of drug-likeness (QED) is 0.293. The monoisotopic (exact) mass is 517 g/mol. The summed E-state index contributed by atoms with van der Waals surface area (Å²) in [4.78, 5) is 21.7. The molecule has 3 aromatic rings. The topological polar surface area (TPSA) is 153 Å². The molecule has 0 aliphatic carbocycles. The fourth-order valence-corrected chi connectivity index (χ4v) is 4.14. The van der Waals surface area contributed by atoms with Crippen LogP contribution in [0.15, 0.2) is 30.5 Å². The fraction of sp³-hybridized carbons (Fsp3) is 0.316. The van der Waals surface area contributed by atoms with Crippen LogP contribution in [-0.2, 0) is 9.09 Å². The molecule has 10 nitrogen and oxygen atoms in total. The number of aromatic nitrogens is 3. The van der Waals surface area contributed by atoms with E-state index >= 15 is 0 Å². The molecule has 0 aliphatic rings. The molecule has 0 radical (unpaired) electrons. The van der Waals surface area contributed by atoms with E-state index in [4.69, 9.17) is 31.9 Å². The van der Waals surface area contributed by atoms with Crippen molar-refractivity contribution in [3.05, 3.63) is 41.3 Å². The molecular formula is C19H22ClFN5O5PS. The Balaban J connectivity index is 1.70. The van der Waals surface area contributed by atoms with Crippen molar-refractivity contribution in [2.75, 3.05) is 18.5 Å². The van der Waals surface area contributed by atoms with E-state index in [9.17, 15) is 8.96 Å². The van der Waals surface area contributed by atoms with Gasteiger partial charge >= 0.3 is 7.82 Å². The van der Waals surface area contributed by atoms with Crippen LogP contribution in [0.5, 0.6) is 5.75 Å². The van der Waals surface area contributed by atoms with Crippen molar-refractivity contribution in [1.82, 2.24) is 15.2 Å². The largest absolute Gasteiger partial charge is 0.489 e. The number of nitrogens with zero attached hydrogens (tertiary/aromatic N) is 3.